The minimum Gasteiger partial charge on any atom is -0.333 e. The van der Waals surface area contributed by atoms with Gasteiger partial charge in [0.1, 0.15) is 5.69 Å². The number of carbonyl (C=O) groups is 3. The van der Waals surface area contributed by atoms with Crippen molar-refractivity contribution in [2.24, 2.45) is 0 Å². The van der Waals surface area contributed by atoms with Crippen LogP contribution in [0.1, 0.15) is 43.1 Å². The molecule has 1 aliphatic rings. The number of H-pyrrole nitrogens is 1. The maximum atomic E-state index is 13.0. The number of aromatic nitrogens is 2. The van der Waals surface area contributed by atoms with Crippen molar-refractivity contribution in [1.82, 2.24) is 14.9 Å². The summed E-state index contributed by atoms with van der Waals surface area (Å²) in [7, 11) is 0. The molecule has 0 bridgehead atoms. The molecule has 0 atom stereocenters. The zero-order valence-electron chi connectivity index (χ0n) is 17.8. The Morgan fingerprint density at radius 3 is 2.53 bits per heavy atom. The second-order valence-electron chi connectivity index (χ2n) is 7.65. The minimum absolute atomic E-state index is 0.120. The van der Waals surface area contributed by atoms with Crippen LogP contribution in [-0.2, 0) is 23.9 Å². The molecule has 34 heavy (non-hydrogen) atoms. The molecule has 0 saturated carbocycles. The van der Waals surface area contributed by atoms with Crippen LogP contribution in [-0.4, -0.2) is 39.0 Å². The average Bonchev–Trinajstić information content (AvgIpc) is 3.30. The number of hydrogen-bond donors (Lipinski definition) is 2. The number of nitrogens with zero attached hydrogens (tertiary/aromatic N) is 2. The Morgan fingerprint density at radius 1 is 1.12 bits per heavy atom. The van der Waals surface area contributed by atoms with E-state index >= 15 is 0 Å². The van der Waals surface area contributed by atoms with Crippen molar-refractivity contribution >= 4 is 23.5 Å². The van der Waals surface area contributed by atoms with Crippen LogP contribution in [0.25, 0.3) is 0 Å². The molecule has 2 amide bonds. The van der Waals surface area contributed by atoms with Gasteiger partial charge in [0.25, 0.3) is 5.91 Å². The van der Waals surface area contributed by atoms with E-state index in [-0.39, 0.29) is 35.4 Å². The van der Waals surface area contributed by atoms with Gasteiger partial charge in [-0.3, -0.25) is 19.7 Å². The monoisotopic (exact) mass is 468 g/mol. The van der Waals surface area contributed by atoms with Crippen LogP contribution in [0, 0.1) is 0 Å². The van der Waals surface area contributed by atoms with E-state index in [1.165, 1.54) is 18.3 Å². The molecule has 2 aromatic carbocycles. The zero-order valence-corrected chi connectivity index (χ0v) is 17.8. The summed E-state index contributed by atoms with van der Waals surface area (Å²) >= 11 is 0. The lowest BCUT2D eigenvalue weighted by atomic mass is 9.90. The summed E-state index contributed by atoms with van der Waals surface area (Å²) in [6.07, 6.45) is -1.61. The van der Waals surface area contributed by atoms with Gasteiger partial charge < -0.3 is 9.88 Å². The number of imidazole rings is 1. The third kappa shape index (κ3) is 4.61. The number of ketones is 1. The van der Waals surface area contributed by atoms with Gasteiger partial charge in [-0.25, -0.2) is 4.98 Å². The lowest BCUT2D eigenvalue weighted by molar-refractivity contribution is -0.137. The lowest BCUT2D eigenvalue weighted by Gasteiger charge is -2.29. The molecule has 0 aliphatic carbocycles. The second-order valence-corrected chi connectivity index (χ2v) is 7.65. The molecule has 0 fully saturated rings. The summed E-state index contributed by atoms with van der Waals surface area (Å²) in [6, 6.07) is 9.24. The third-order valence-electron chi connectivity index (χ3n) is 5.50. The Hall–Kier alpha value is -4.21. The maximum Gasteiger partial charge on any atom is 0.416 e. The summed E-state index contributed by atoms with van der Waals surface area (Å²) in [5.74, 6) is -1.07. The first-order chi connectivity index (χ1) is 16.2. The molecule has 7 nitrogen and oxygen atoms in total. The van der Waals surface area contributed by atoms with Crippen molar-refractivity contribution in [3.05, 3.63) is 94.8 Å². The van der Waals surface area contributed by atoms with E-state index in [1.807, 2.05) is 0 Å². The summed E-state index contributed by atoms with van der Waals surface area (Å²) < 4.78 is 38.5. The smallest absolute Gasteiger partial charge is 0.333 e. The van der Waals surface area contributed by atoms with Gasteiger partial charge in [0.05, 0.1) is 5.56 Å². The van der Waals surface area contributed by atoms with Crippen LogP contribution in [0.5, 0.6) is 0 Å². The summed E-state index contributed by atoms with van der Waals surface area (Å²) in [5.41, 5.74) is 1.40. The Morgan fingerprint density at radius 2 is 1.85 bits per heavy atom. The summed E-state index contributed by atoms with van der Waals surface area (Å²) in [4.78, 5) is 45.6. The van der Waals surface area contributed by atoms with Crippen molar-refractivity contribution in [2.45, 2.75) is 19.1 Å². The number of carbonyl (C=O) groups excluding carboxylic acids is 3. The van der Waals surface area contributed by atoms with E-state index in [0.29, 0.717) is 18.5 Å². The fourth-order valence-electron chi connectivity index (χ4n) is 3.79. The number of amides is 2. The van der Waals surface area contributed by atoms with Crippen LogP contribution in [0.15, 0.2) is 61.3 Å². The number of benzene rings is 2. The Balaban J connectivity index is 1.52. The lowest BCUT2D eigenvalue weighted by Crippen LogP contribution is -2.36. The van der Waals surface area contributed by atoms with Crippen molar-refractivity contribution in [3.8, 4) is 0 Å². The normalized spacial score (nSPS) is 13.2. The molecule has 2 N–H and O–H groups in total. The van der Waals surface area contributed by atoms with Crippen LogP contribution in [0.3, 0.4) is 0 Å². The van der Waals surface area contributed by atoms with Gasteiger partial charge in [0, 0.05) is 30.4 Å². The molecule has 0 unspecified atom stereocenters. The molecule has 10 heteroatoms. The first-order valence-corrected chi connectivity index (χ1v) is 10.3. The molecule has 0 spiro atoms. The topological polar surface area (TPSA) is 95.2 Å². The SMILES string of the molecule is C=CC(=O)Nc1nc(C(=O)N2CCc3c(cccc3C(=O)c3ccc(C(F)(F)F)cc3)C2)c[nH]1. The van der Waals surface area contributed by atoms with E-state index in [4.69, 9.17) is 0 Å². The standard InChI is InChI=1S/C24H19F3N4O3/c1-2-20(32)30-23-28-12-19(29-23)22(34)31-11-10-17-15(13-31)4-3-5-18(17)21(33)14-6-8-16(9-7-14)24(25,26)27/h2-9,12H,1,10-11,13H2,(H2,28,29,30,32). The predicted octanol–water partition coefficient (Wildman–Crippen LogP) is 3.98. The number of anilines is 1. The van der Waals surface area contributed by atoms with E-state index in [2.05, 4.69) is 21.9 Å². The van der Waals surface area contributed by atoms with Gasteiger partial charge >= 0.3 is 6.18 Å². The van der Waals surface area contributed by atoms with Crippen molar-refractivity contribution in [2.75, 3.05) is 11.9 Å². The number of nitrogens with one attached hydrogen (secondary N) is 2. The fraction of sp³-hybridized carbons (Fsp3) is 0.167. The molecule has 3 aromatic rings. The molecule has 174 valence electrons. The zero-order chi connectivity index (χ0) is 24.5. The first kappa shape index (κ1) is 23.0. The number of rotatable bonds is 5. The highest BCUT2D eigenvalue weighted by molar-refractivity contribution is 6.10. The van der Waals surface area contributed by atoms with Crippen molar-refractivity contribution in [3.63, 3.8) is 0 Å². The molecule has 1 aromatic heterocycles. The van der Waals surface area contributed by atoms with Crippen LogP contribution >= 0.6 is 0 Å². The summed E-state index contributed by atoms with van der Waals surface area (Å²) in [6.45, 7) is 3.91. The number of fused-ring (bicyclic) bond motifs is 1. The molecule has 2 heterocycles. The molecule has 0 saturated heterocycles. The van der Waals surface area contributed by atoms with E-state index in [9.17, 15) is 27.6 Å². The van der Waals surface area contributed by atoms with Crippen LogP contribution in [0.2, 0.25) is 0 Å². The predicted molar refractivity (Wildman–Crippen MR) is 117 cm³/mol. The van der Waals surface area contributed by atoms with E-state index < -0.39 is 17.6 Å². The Labute approximate surface area is 192 Å². The van der Waals surface area contributed by atoms with Gasteiger partial charge in [0.2, 0.25) is 11.9 Å². The average molecular weight is 468 g/mol. The number of alkyl halides is 3. The van der Waals surface area contributed by atoms with Crippen molar-refractivity contribution < 1.29 is 27.6 Å². The Kier molecular flexibility index (Phi) is 6.06. The molecule has 0 radical (unpaired) electrons. The molecular formula is C24H19F3N4O3. The number of halogens is 3. The Bertz CT molecular complexity index is 1280. The maximum absolute atomic E-state index is 13.0. The first-order valence-electron chi connectivity index (χ1n) is 10.3. The van der Waals surface area contributed by atoms with Crippen LogP contribution < -0.4 is 5.32 Å². The number of aromatic amines is 1. The minimum atomic E-state index is -4.48. The van der Waals surface area contributed by atoms with E-state index in [0.717, 1.165) is 29.3 Å². The number of hydrogen-bond acceptors (Lipinski definition) is 4. The third-order valence-corrected chi connectivity index (χ3v) is 5.50. The van der Waals surface area contributed by atoms with Crippen molar-refractivity contribution in [1.29, 1.82) is 0 Å². The molecule has 4 rings (SSSR count). The van der Waals surface area contributed by atoms with Gasteiger partial charge in [-0.2, -0.15) is 13.2 Å². The van der Waals surface area contributed by atoms with Gasteiger partial charge in [-0.1, -0.05) is 36.9 Å². The van der Waals surface area contributed by atoms with E-state index in [1.54, 1.807) is 23.1 Å². The van der Waals surface area contributed by atoms with Gasteiger partial charge in [-0.15, -0.1) is 0 Å². The molecular weight excluding hydrogens is 449 g/mol. The fourth-order valence-corrected chi connectivity index (χ4v) is 3.79. The van der Waals surface area contributed by atoms with Gasteiger partial charge in [0.15, 0.2) is 5.78 Å². The van der Waals surface area contributed by atoms with Crippen LogP contribution in [0.4, 0.5) is 19.1 Å². The highest BCUT2D eigenvalue weighted by Gasteiger charge is 2.31. The summed E-state index contributed by atoms with van der Waals surface area (Å²) in [5, 5.41) is 2.44. The highest BCUT2D eigenvalue weighted by atomic mass is 19.4. The van der Waals surface area contributed by atoms with Gasteiger partial charge in [-0.05, 0) is 35.8 Å². The quantitative estimate of drug-likeness (QED) is 0.437. The highest BCUT2D eigenvalue weighted by Crippen LogP contribution is 2.30. The largest absolute Gasteiger partial charge is 0.416 e. The second kappa shape index (κ2) is 8.97. The molecule has 1 aliphatic heterocycles.